The fourth-order valence-corrected chi connectivity index (χ4v) is 1.50. The van der Waals surface area contributed by atoms with Gasteiger partial charge in [-0.2, -0.15) is 8.42 Å². The summed E-state index contributed by atoms with van der Waals surface area (Å²) in [6, 6.07) is 0. The van der Waals surface area contributed by atoms with Crippen LogP contribution in [0.4, 0.5) is 0 Å². The van der Waals surface area contributed by atoms with Crippen molar-refractivity contribution in [3.05, 3.63) is 18.2 Å². The minimum Gasteiger partial charge on any atom is -0.334 e. The minimum atomic E-state index is -3.87. The first-order valence-electron chi connectivity index (χ1n) is 3.98. The summed E-state index contributed by atoms with van der Waals surface area (Å²) in [5.41, 5.74) is 0. The van der Waals surface area contributed by atoms with Gasteiger partial charge < -0.3 is 4.57 Å². The molecule has 0 aliphatic heterocycles. The Labute approximate surface area is 77.2 Å². The molecule has 0 aliphatic carbocycles. The van der Waals surface area contributed by atoms with Gasteiger partial charge in [0.15, 0.2) is 0 Å². The van der Waals surface area contributed by atoms with E-state index in [0.717, 1.165) is 12.2 Å². The number of hydrogen-bond donors (Lipinski definition) is 1. The Morgan fingerprint density at radius 1 is 1.62 bits per heavy atom. The van der Waals surface area contributed by atoms with Crippen molar-refractivity contribution in [2.75, 3.05) is 5.75 Å². The molecule has 74 valence electrons. The van der Waals surface area contributed by atoms with Gasteiger partial charge in [-0.3, -0.25) is 4.55 Å². The maximum absolute atomic E-state index is 10.4. The van der Waals surface area contributed by atoms with Gasteiger partial charge >= 0.3 is 0 Å². The normalized spacial score (nSPS) is 11.8. The smallest absolute Gasteiger partial charge is 0.266 e. The molecule has 1 aromatic rings. The second-order valence-corrected chi connectivity index (χ2v) is 4.25. The largest absolute Gasteiger partial charge is 0.334 e. The first kappa shape index (κ1) is 10.2. The van der Waals surface area contributed by atoms with Crippen molar-refractivity contribution in [2.45, 2.75) is 19.9 Å². The molecule has 0 fully saturated rings. The van der Waals surface area contributed by atoms with Crippen LogP contribution >= 0.6 is 0 Å². The number of rotatable bonds is 4. The van der Waals surface area contributed by atoms with E-state index in [2.05, 4.69) is 4.98 Å². The average molecular weight is 204 g/mol. The van der Waals surface area contributed by atoms with Gasteiger partial charge in [-0.15, -0.1) is 0 Å². The third-order valence-corrected chi connectivity index (χ3v) is 2.41. The van der Waals surface area contributed by atoms with Crippen LogP contribution in [0, 0.1) is 0 Å². The average Bonchev–Trinajstić information content (AvgIpc) is 2.46. The molecule has 0 amide bonds. The predicted molar refractivity (Wildman–Crippen MR) is 48.0 cm³/mol. The molecule has 0 unspecified atom stereocenters. The van der Waals surface area contributed by atoms with Crippen LogP contribution in [0.25, 0.3) is 0 Å². The van der Waals surface area contributed by atoms with E-state index < -0.39 is 10.1 Å². The first-order valence-corrected chi connectivity index (χ1v) is 5.59. The zero-order valence-electron chi connectivity index (χ0n) is 7.34. The van der Waals surface area contributed by atoms with Crippen molar-refractivity contribution in [3.63, 3.8) is 0 Å². The van der Waals surface area contributed by atoms with E-state index in [9.17, 15) is 8.42 Å². The molecule has 0 atom stereocenters. The highest BCUT2D eigenvalue weighted by molar-refractivity contribution is 7.85. The molecule has 5 nitrogen and oxygen atoms in total. The molecule has 1 rings (SSSR count). The first-order chi connectivity index (χ1) is 6.03. The highest BCUT2D eigenvalue weighted by atomic mass is 32.2. The second kappa shape index (κ2) is 3.89. The number of aryl methyl sites for hydroxylation is 2. The van der Waals surface area contributed by atoms with Crippen molar-refractivity contribution in [3.8, 4) is 0 Å². The molecular formula is C7H12N2O3S. The second-order valence-electron chi connectivity index (χ2n) is 2.68. The van der Waals surface area contributed by atoms with E-state index in [4.69, 9.17) is 4.55 Å². The summed E-state index contributed by atoms with van der Waals surface area (Å²) in [5, 5.41) is 0. The maximum Gasteiger partial charge on any atom is 0.266 e. The molecule has 6 heteroatoms. The van der Waals surface area contributed by atoms with E-state index >= 15 is 0 Å². The van der Waals surface area contributed by atoms with Gasteiger partial charge in [-0.25, -0.2) is 4.98 Å². The fourth-order valence-electron chi connectivity index (χ4n) is 1.07. The van der Waals surface area contributed by atoms with Crippen molar-refractivity contribution < 1.29 is 13.0 Å². The van der Waals surface area contributed by atoms with Crippen molar-refractivity contribution >= 4 is 10.1 Å². The molecule has 0 radical (unpaired) electrons. The van der Waals surface area contributed by atoms with Gasteiger partial charge in [0, 0.05) is 25.4 Å². The molecule has 13 heavy (non-hydrogen) atoms. The Morgan fingerprint density at radius 2 is 2.31 bits per heavy atom. The molecule has 0 saturated carbocycles. The quantitative estimate of drug-likeness (QED) is 0.717. The maximum atomic E-state index is 10.4. The molecule has 1 aromatic heterocycles. The highest BCUT2D eigenvalue weighted by Crippen LogP contribution is 1.99. The number of hydrogen-bond acceptors (Lipinski definition) is 3. The van der Waals surface area contributed by atoms with Gasteiger partial charge in [0.1, 0.15) is 5.82 Å². The van der Waals surface area contributed by atoms with Gasteiger partial charge in [0.2, 0.25) is 0 Å². The van der Waals surface area contributed by atoms with Crippen molar-refractivity contribution in [2.24, 2.45) is 0 Å². The summed E-state index contributed by atoms with van der Waals surface area (Å²) in [7, 11) is -3.87. The summed E-state index contributed by atoms with van der Waals surface area (Å²) in [6.45, 7) is 2.19. The molecule has 0 aliphatic rings. The lowest BCUT2D eigenvalue weighted by Crippen LogP contribution is -2.12. The Balaban J connectivity index is 2.64. The molecule has 1 heterocycles. The number of aromatic nitrogens is 2. The van der Waals surface area contributed by atoms with Crippen LogP contribution in [0.1, 0.15) is 12.7 Å². The summed E-state index contributed by atoms with van der Waals surface area (Å²) < 4.78 is 31.1. The molecule has 1 N–H and O–H groups in total. The molecule has 0 bridgehead atoms. The predicted octanol–water partition coefficient (Wildman–Crippen LogP) is 0.333. The number of nitrogens with zero attached hydrogens (tertiary/aromatic N) is 2. The Hall–Kier alpha value is -0.880. The van der Waals surface area contributed by atoms with E-state index in [1.54, 1.807) is 17.0 Å². The summed E-state index contributed by atoms with van der Waals surface area (Å²) in [5.74, 6) is 0.555. The Morgan fingerprint density at radius 3 is 2.85 bits per heavy atom. The molecule has 0 aromatic carbocycles. The van der Waals surface area contributed by atoms with Crippen LogP contribution in [0.15, 0.2) is 12.4 Å². The van der Waals surface area contributed by atoms with E-state index in [1.165, 1.54) is 0 Å². The van der Waals surface area contributed by atoms with Crippen LogP contribution in [0.2, 0.25) is 0 Å². The van der Waals surface area contributed by atoms with E-state index in [0.29, 0.717) is 0 Å². The lowest BCUT2D eigenvalue weighted by molar-refractivity contribution is 0.477. The van der Waals surface area contributed by atoms with Crippen LogP contribution in [0.3, 0.4) is 0 Å². The van der Waals surface area contributed by atoms with Gasteiger partial charge in [-0.05, 0) is 0 Å². The monoisotopic (exact) mass is 204 g/mol. The standard InChI is InChI=1S/C7H12N2O3S/c1-2-7-8-3-4-9(7)5-6-13(10,11)12/h3-4H,2,5-6H2,1H3,(H,10,11,12). The topological polar surface area (TPSA) is 72.2 Å². The molecular weight excluding hydrogens is 192 g/mol. The van der Waals surface area contributed by atoms with Crippen LogP contribution in [-0.2, 0) is 23.1 Å². The summed E-state index contributed by atoms with van der Waals surface area (Å²) >= 11 is 0. The van der Waals surface area contributed by atoms with Crippen molar-refractivity contribution in [1.29, 1.82) is 0 Å². The third-order valence-electron chi connectivity index (χ3n) is 1.71. The zero-order chi connectivity index (χ0) is 9.90. The summed E-state index contributed by atoms with van der Waals surface area (Å²) in [4.78, 5) is 4.02. The zero-order valence-corrected chi connectivity index (χ0v) is 8.16. The van der Waals surface area contributed by atoms with E-state index in [1.807, 2.05) is 6.92 Å². The SMILES string of the molecule is CCc1nccn1CCS(=O)(=O)O. The van der Waals surface area contributed by atoms with Crippen LogP contribution in [0.5, 0.6) is 0 Å². The number of imidazole rings is 1. The van der Waals surface area contributed by atoms with Crippen LogP contribution in [-0.4, -0.2) is 28.3 Å². The Kier molecular flexibility index (Phi) is 3.05. The Bertz CT molecular complexity index is 369. The summed E-state index contributed by atoms with van der Waals surface area (Å²) in [6.07, 6.45) is 4.06. The van der Waals surface area contributed by atoms with Gasteiger partial charge in [-0.1, -0.05) is 6.92 Å². The van der Waals surface area contributed by atoms with Gasteiger partial charge in [0.05, 0.1) is 5.75 Å². The lowest BCUT2D eigenvalue weighted by atomic mass is 10.4. The fraction of sp³-hybridized carbons (Fsp3) is 0.571. The highest BCUT2D eigenvalue weighted by Gasteiger charge is 2.06. The van der Waals surface area contributed by atoms with Gasteiger partial charge in [0.25, 0.3) is 10.1 Å². The lowest BCUT2D eigenvalue weighted by Gasteiger charge is -2.03. The third kappa shape index (κ3) is 3.16. The molecule has 0 spiro atoms. The van der Waals surface area contributed by atoms with Crippen LogP contribution < -0.4 is 0 Å². The molecule has 0 saturated heterocycles. The van der Waals surface area contributed by atoms with E-state index in [-0.39, 0.29) is 12.3 Å². The van der Waals surface area contributed by atoms with Crippen molar-refractivity contribution in [1.82, 2.24) is 9.55 Å². The minimum absolute atomic E-state index is 0.252.